The summed E-state index contributed by atoms with van der Waals surface area (Å²) in [6.07, 6.45) is -1.19. The average Bonchev–Trinajstić information content (AvgIpc) is 2.20. The molecule has 0 saturated heterocycles. The zero-order valence-corrected chi connectivity index (χ0v) is 8.91. The maximum Gasteiger partial charge on any atom is 0.0937 e. The van der Waals surface area contributed by atoms with Crippen LogP contribution >= 0.6 is 11.6 Å². The molecule has 0 aliphatic rings. The van der Waals surface area contributed by atoms with Gasteiger partial charge in [-0.3, -0.25) is 0 Å². The molecule has 0 bridgehead atoms. The molecule has 0 spiro atoms. The van der Waals surface area contributed by atoms with Gasteiger partial charge in [-0.2, -0.15) is 0 Å². The van der Waals surface area contributed by atoms with E-state index in [0.717, 1.165) is 5.56 Å². The molecule has 0 fully saturated rings. The lowest BCUT2D eigenvalue weighted by molar-refractivity contribution is 0.0341. The summed E-state index contributed by atoms with van der Waals surface area (Å²) in [4.78, 5) is 0. The lowest BCUT2D eigenvalue weighted by Gasteiger charge is -2.15. The monoisotopic (exact) mass is 214 g/mol. The van der Waals surface area contributed by atoms with E-state index in [-0.39, 0.29) is 5.88 Å². The van der Waals surface area contributed by atoms with Gasteiger partial charge in [0.05, 0.1) is 18.1 Å². The summed E-state index contributed by atoms with van der Waals surface area (Å²) < 4.78 is 0. The molecule has 0 radical (unpaired) electrons. The molecule has 1 aromatic rings. The third-order valence-electron chi connectivity index (χ3n) is 2.17. The summed E-state index contributed by atoms with van der Waals surface area (Å²) in [6.45, 7) is 2.01. The Morgan fingerprint density at radius 3 is 2.21 bits per heavy atom. The fraction of sp³-hybridized carbons (Fsp3) is 0.455. The highest BCUT2D eigenvalue weighted by Crippen LogP contribution is 2.08. The van der Waals surface area contributed by atoms with Crippen LogP contribution in [-0.4, -0.2) is 28.3 Å². The molecule has 78 valence electrons. The molecular weight excluding hydrogens is 200 g/mol. The zero-order valence-electron chi connectivity index (χ0n) is 8.15. The standard InChI is InChI=1S/C11H15ClO2/c1-8-2-4-9(5-3-8)6-10(13)11(14)7-12/h2-5,10-11,13-14H,6-7H2,1H3/t10-,11?/m1/s1. The number of aryl methyl sites for hydroxylation is 1. The van der Waals surface area contributed by atoms with Gasteiger partial charge in [0.25, 0.3) is 0 Å². The first-order chi connectivity index (χ1) is 6.63. The van der Waals surface area contributed by atoms with Gasteiger partial charge in [0.2, 0.25) is 0 Å². The zero-order chi connectivity index (χ0) is 10.6. The molecule has 1 aromatic carbocycles. The number of rotatable bonds is 4. The number of aliphatic hydroxyl groups excluding tert-OH is 2. The number of hydrogen-bond donors (Lipinski definition) is 2. The van der Waals surface area contributed by atoms with Gasteiger partial charge < -0.3 is 10.2 Å². The molecule has 2 nitrogen and oxygen atoms in total. The van der Waals surface area contributed by atoms with E-state index in [9.17, 15) is 10.2 Å². The third kappa shape index (κ3) is 3.29. The van der Waals surface area contributed by atoms with Crippen LogP contribution in [0.2, 0.25) is 0 Å². The number of halogens is 1. The van der Waals surface area contributed by atoms with E-state index in [4.69, 9.17) is 11.6 Å². The van der Waals surface area contributed by atoms with Gasteiger partial charge in [-0.05, 0) is 12.5 Å². The largest absolute Gasteiger partial charge is 0.390 e. The smallest absolute Gasteiger partial charge is 0.0937 e. The summed E-state index contributed by atoms with van der Waals surface area (Å²) in [5.74, 6) is 0.0625. The number of alkyl halides is 1. The normalized spacial score (nSPS) is 15.1. The molecule has 14 heavy (non-hydrogen) atoms. The van der Waals surface area contributed by atoms with Crippen molar-refractivity contribution in [3.05, 3.63) is 35.4 Å². The van der Waals surface area contributed by atoms with Gasteiger partial charge in [-0.1, -0.05) is 29.8 Å². The first-order valence-corrected chi connectivity index (χ1v) is 5.14. The van der Waals surface area contributed by atoms with Crippen molar-refractivity contribution >= 4 is 11.6 Å². The molecule has 0 aliphatic heterocycles. The molecule has 2 N–H and O–H groups in total. The SMILES string of the molecule is Cc1ccc(C[C@@H](O)C(O)CCl)cc1. The van der Waals surface area contributed by atoms with Crippen LogP contribution in [0.3, 0.4) is 0 Å². The van der Waals surface area contributed by atoms with Crippen LogP contribution in [0.4, 0.5) is 0 Å². The molecule has 0 aliphatic carbocycles. The minimum Gasteiger partial charge on any atom is -0.390 e. The van der Waals surface area contributed by atoms with Gasteiger partial charge in [-0.25, -0.2) is 0 Å². The predicted octanol–water partition coefficient (Wildman–Crippen LogP) is 1.50. The highest BCUT2D eigenvalue weighted by Gasteiger charge is 2.15. The third-order valence-corrected chi connectivity index (χ3v) is 2.48. The Balaban J connectivity index is 2.56. The van der Waals surface area contributed by atoms with Crippen molar-refractivity contribution in [1.29, 1.82) is 0 Å². The predicted molar refractivity (Wildman–Crippen MR) is 57.6 cm³/mol. The highest BCUT2D eigenvalue weighted by atomic mass is 35.5. The number of benzene rings is 1. The Morgan fingerprint density at radius 2 is 1.71 bits per heavy atom. The minimum atomic E-state index is -0.849. The van der Waals surface area contributed by atoms with Crippen molar-refractivity contribution in [2.45, 2.75) is 25.6 Å². The van der Waals surface area contributed by atoms with E-state index in [1.807, 2.05) is 31.2 Å². The highest BCUT2D eigenvalue weighted by molar-refractivity contribution is 6.18. The van der Waals surface area contributed by atoms with Crippen LogP contribution in [-0.2, 0) is 6.42 Å². The Kier molecular flexibility index (Phi) is 4.39. The second-order valence-electron chi connectivity index (χ2n) is 3.48. The molecule has 0 heterocycles. The van der Waals surface area contributed by atoms with Crippen molar-refractivity contribution in [2.75, 3.05) is 5.88 Å². The number of aliphatic hydroxyl groups is 2. The lowest BCUT2D eigenvalue weighted by Crippen LogP contribution is -2.29. The van der Waals surface area contributed by atoms with Gasteiger partial charge in [0.15, 0.2) is 0 Å². The fourth-order valence-corrected chi connectivity index (χ4v) is 1.41. The van der Waals surface area contributed by atoms with Crippen LogP contribution in [0.15, 0.2) is 24.3 Å². The molecule has 0 saturated carbocycles. The Hall–Kier alpha value is -0.570. The molecule has 1 rings (SSSR count). The topological polar surface area (TPSA) is 40.5 Å². The molecule has 0 amide bonds. The Morgan fingerprint density at radius 1 is 1.14 bits per heavy atom. The average molecular weight is 215 g/mol. The van der Waals surface area contributed by atoms with Gasteiger partial charge in [-0.15, -0.1) is 11.6 Å². The molecule has 2 atom stereocenters. The summed E-state index contributed by atoms with van der Waals surface area (Å²) >= 11 is 5.43. The van der Waals surface area contributed by atoms with Crippen molar-refractivity contribution in [3.63, 3.8) is 0 Å². The van der Waals surface area contributed by atoms with Crippen molar-refractivity contribution in [1.82, 2.24) is 0 Å². The van der Waals surface area contributed by atoms with Gasteiger partial charge in [0, 0.05) is 6.42 Å². The maximum absolute atomic E-state index is 9.51. The van der Waals surface area contributed by atoms with Crippen LogP contribution in [0.1, 0.15) is 11.1 Å². The fourth-order valence-electron chi connectivity index (χ4n) is 1.20. The van der Waals surface area contributed by atoms with E-state index in [1.165, 1.54) is 5.56 Å². The molecule has 0 aromatic heterocycles. The van der Waals surface area contributed by atoms with Gasteiger partial charge in [0.1, 0.15) is 0 Å². The second-order valence-corrected chi connectivity index (χ2v) is 3.79. The van der Waals surface area contributed by atoms with Crippen LogP contribution in [0, 0.1) is 6.92 Å². The van der Waals surface area contributed by atoms with Crippen LogP contribution < -0.4 is 0 Å². The van der Waals surface area contributed by atoms with Crippen molar-refractivity contribution in [2.24, 2.45) is 0 Å². The summed E-state index contributed by atoms with van der Waals surface area (Å²) in [5.41, 5.74) is 2.19. The first kappa shape index (κ1) is 11.5. The van der Waals surface area contributed by atoms with E-state index in [0.29, 0.717) is 6.42 Å². The first-order valence-electron chi connectivity index (χ1n) is 4.61. The Labute approximate surface area is 89.1 Å². The minimum absolute atomic E-state index is 0.0625. The molecule has 3 heteroatoms. The lowest BCUT2D eigenvalue weighted by atomic mass is 10.0. The van der Waals surface area contributed by atoms with E-state index >= 15 is 0 Å². The van der Waals surface area contributed by atoms with Gasteiger partial charge >= 0.3 is 0 Å². The number of hydrogen-bond acceptors (Lipinski definition) is 2. The molecule has 1 unspecified atom stereocenters. The van der Waals surface area contributed by atoms with E-state index in [2.05, 4.69) is 0 Å². The van der Waals surface area contributed by atoms with Crippen LogP contribution in [0.5, 0.6) is 0 Å². The quantitative estimate of drug-likeness (QED) is 0.746. The van der Waals surface area contributed by atoms with E-state index in [1.54, 1.807) is 0 Å². The summed E-state index contributed by atoms with van der Waals surface area (Å²) in [6, 6.07) is 7.85. The maximum atomic E-state index is 9.51. The second kappa shape index (κ2) is 5.35. The van der Waals surface area contributed by atoms with E-state index < -0.39 is 12.2 Å². The Bertz CT molecular complexity index is 271. The van der Waals surface area contributed by atoms with Crippen molar-refractivity contribution < 1.29 is 10.2 Å². The van der Waals surface area contributed by atoms with Crippen LogP contribution in [0.25, 0.3) is 0 Å². The summed E-state index contributed by atoms with van der Waals surface area (Å²) in [7, 11) is 0. The summed E-state index contributed by atoms with van der Waals surface area (Å²) in [5, 5.41) is 18.8. The van der Waals surface area contributed by atoms with Crippen molar-refractivity contribution in [3.8, 4) is 0 Å². The molecular formula is C11H15ClO2.